The van der Waals surface area contributed by atoms with Crippen molar-refractivity contribution in [2.75, 3.05) is 10.6 Å². The Morgan fingerprint density at radius 1 is 1.19 bits per heavy atom. The van der Waals surface area contributed by atoms with Crippen LogP contribution in [0.25, 0.3) is 0 Å². The Morgan fingerprint density at radius 2 is 1.96 bits per heavy atom. The first-order chi connectivity index (χ1) is 13.0. The van der Waals surface area contributed by atoms with Crippen molar-refractivity contribution in [1.29, 1.82) is 0 Å². The topological polar surface area (TPSA) is 76.0 Å². The largest absolute Gasteiger partial charge is 0.326 e. The highest BCUT2D eigenvalue weighted by atomic mass is 16.2. The van der Waals surface area contributed by atoms with Gasteiger partial charge in [0.05, 0.1) is 0 Å². The Labute approximate surface area is 160 Å². The number of aromatic nitrogens is 2. The maximum absolute atomic E-state index is 12.6. The van der Waals surface area contributed by atoms with Crippen LogP contribution >= 0.6 is 0 Å². The average Bonchev–Trinajstić information content (AvgIpc) is 3.08. The minimum Gasteiger partial charge on any atom is -0.326 e. The number of rotatable bonds is 6. The lowest BCUT2D eigenvalue weighted by molar-refractivity contribution is -0.120. The van der Waals surface area contributed by atoms with Crippen molar-refractivity contribution >= 4 is 23.5 Å². The standard InChI is InChI=1S/C21H28N4O2/c1-15(2)14-25-12-11-22-21(25)24-20(27)17-9-6-10-18(13-17)23-19(26)16-7-4-3-5-8-16/h6,9-13,15-16H,3-5,7-8,14H2,1-2H3,(H,23,26)(H,22,24,27). The van der Waals surface area contributed by atoms with Crippen molar-refractivity contribution in [1.82, 2.24) is 9.55 Å². The molecule has 1 fully saturated rings. The van der Waals surface area contributed by atoms with Gasteiger partial charge in [-0.1, -0.05) is 39.2 Å². The van der Waals surface area contributed by atoms with E-state index in [0.29, 0.717) is 23.1 Å². The normalized spacial score (nSPS) is 14.9. The highest BCUT2D eigenvalue weighted by Gasteiger charge is 2.21. The van der Waals surface area contributed by atoms with E-state index >= 15 is 0 Å². The van der Waals surface area contributed by atoms with Gasteiger partial charge in [-0.05, 0) is 37.0 Å². The fraction of sp³-hybridized carbons (Fsp3) is 0.476. The van der Waals surface area contributed by atoms with Crippen LogP contribution in [0.5, 0.6) is 0 Å². The van der Waals surface area contributed by atoms with E-state index in [1.807, 2.05) is 16.8 Å². The van der Waals surface area contributed by atoms with Gasteiger partial charge in [0, 0.05) is 36.1 Å². The zero-order valence-electron chi connectivity index (χ0n) is 16.1. The molecular formula is C21H28N4O2. The van der Waals surface area contributed by atoms with Crippen LogP contribution in [-0.4, -0.2) is 21.4 Å². The lowest BCUT2D eigenvalue weighted by Crippen LogP contribution is -2.25. The Kier molecular flexibility index (Phi) is 6.27. The molecule has 0 bridgehead atoms. The molecule has 1 heterocycles. The minimum absolute atomic E-state index is 0.0553. The summed E-state index contributed by atoms with van der Waals surface area (Å²) < 4.78 is 1.93. The smallest absolute Gasteiger partial charge is 0.258 e. The summed E-state index contributed by atoms with van der Waals surface area (Å²) in [7, 11) is 0. The number of imidazole rings is 1. The maximum atomic E-state index is 12.6. The lowest BCUT2D eigenvalue weighted by atomic mass is 9.88. The second-order valence-electron chi connectivity index (χ2n) is 7.66. The molecule has 2 aromatic rings. The summed E-state index contributed by atoms with van der Waals surface area (Å²) in [5, 5.41) is 5.82. The zero-order valence-corrected chi connectivity index (χ0v) is 16.1. The van der Waals surface area contributed by atoms with Crippen LogP contribution in [0.2, 0.25) is 0 Å². The zero-order chi connectivity index (χ0) is 19.2. The molecule has 0 saturated heterocycles. The van der Waals surface area contributed by atoms with E-state index in [-0.39, 0.29) is 17.7 Å². The quantitative estimate of drug-likeness (QED) is 0.798. The third-order valence-corrected chi connectivity index (χ3v) is 4.87. The van der Waals surface area contributed by atoms with Gasteiger partial charge in [-0.25, -0.2) is 4.98 Å². The van der Waals surface area contributed by atoms with Crippen LogP contribution in [0.1, 0.15) is 56.3 Å². The molecule has 27 heavy (non-hydrogen) atoms. The number of anilines is 2. The van der Waals surface area contributed by atoms with Gasteiger partial charge >= 0.3 is 0 Å². The molecule has 0 radical (unpaired) electrons. The first kappa shape index (κ1) is 19.1. The molecule has 2 N–H and O–H groups in total. The minimum atomic E-state index is -0.236. The number of nitrogens with zero attached hydrogens (tertiary/aromatic N) is 2. The summed E-state index contributed by atoms with van der Waals surface area (Å²) in [4.78, 5) is 29.3. The number of nitrogens with one attached hydrogen (secondary N) is 2. The molecule has 1 aromatic carbocycles. The van der Waals surface area contributed by atoms with Crippen LogP contribution in [0.4, 0.5) is 11.6 Å². The van der Waals surface area contributed by atoms with E-state index < -0.39 is 0 Å². The van der Waals surface area contributed by atoms with E-state index in [2.05, 4.69) is 29.5 Å². The molecule has 1 aliphatic rings. The van der Waals surface area contributed by atoms with E-state index in [1.54, 1.807) is 24.4 Å². The monoisotopic (exact) mass is 368 g/mol. The highest BCUT2D eigenvalue weighted by Crippen LogP contribution is 2.25. The number of carbonyl (C=O) groups excluding carboxylic acids is 2. The number of hydrogen-bond donors (Lipinski definition) is 2. The van der Waals surface area contributed by atoms with Crippen molar-refractivity contribution < 1.29 is 9.59 Å². The third kappa shape index (κ3) is 5.18. The van der Waals surface area contributed by atoms with Crippen LogP contribution in [-0.2, 0) is 11.3 Å². The average molecular weight is 368 g/mol. The SMILES string of the molecule is CC(C)Cn1ccnc1NC(=O)c1cccc(NC(=O)C2CCCCC2)c1. The number of benzene rings is 1. The van der Waals surface area contributed by atoms with Crippen LogP contribution in [0, 0.1) is 11.8 Å². The first-order valence-electron chi connectivity index (χ1n) is 9.76. The molecule has 0 unspecified atom stereocenters. The number of carbonyl (C=O) groups is 2. The maximum Gasteiger partial charge on any atom is 0.258 e. The molecule has 0 aliphatic heterocycles. The van der Waals surface area contributed by atoms with Crippen LogP contribution < -0.4 is 10.6 Å². The van der Waals surface area contributed by atoms with Crippen molar-refractivity contribution in [3.05, 3.63) is 42.2 Å². The fourth-order valence-electron chi connectivity index (χ4n) is 3.49. The summed E-state index contributed by atoms with van der Waals surface area (Å²) in [5.41, 5.74) is 1.15. The molecular weight excluding hydrogens is 340 g/mol. The Morgan fingerprint density at radius 3 is 2.70 bits per heavy atom. The van der Waals surface area contributed by atoms with E-state index in [4.69, 9.17) is 0 Å². The van der Waals surface area contributed by atoms with Crippen molar-refractivity contribution in [3.8, 4) is 0 Å². The predicted octanol–water partition coefficient (Wildman–Crippen LogP) is 4.31. The highest BCUT2D eigenvalue weighted by molar-refractivity contribution is 6.04. The molecule has 6 nitrogen and oxygen atoms in total. The second-order valence-corrected chi connectivity index (χ2v) is 7.66. The summed E-state index contributed by atoms with van der Waals surface area (Å²) in [6, 6.07) is 7.05. The predicted molar refractivity (Wildman–Crippen MR) is 107 cm³/mol. The van der Waals surface area contributed by atoms with E-state index in [0.717, 1.165) is 32.2 Å². The molecule has 1 saturated carbocycles. The summed E-state index contributed by atoms with van der Waals surface area (Å²) >= 11 is 0. The molecule has 1 aromatic heterocycles. The second kappa shape index (κ2) is 8.84. The van der Waals surface area contributed by atoms with Crippen LogP contribution in [0.3, 0.4) is 0 Å². The van der Waals surface area contributed by atoms with E-state index in [1.165, 1.54) is 6.42 Å². The van der Waals surface area contributed by atoms with Gasteiger partial charge in [0.25, 0.3) is 5.91 Å². The third-order valence-electron chi connectivity index (χ3n) is 4.87. The number of amides is 2. The Balaban J connectivity index is 1.65. The molecule has 0 atom stereocenters. The molecule has 2 amide bonds. The van der Waals surface area contributed by atoms with Gasteiger partial charge in [-0.2, -0.15) is 0 Å². The van der Waals surface area contributed by atoms with Gasteiger partial charge < -0.3 is 9.88 Å². The van der Waals surface area contributed by atoms with Gasteiger partial charge in [-0.3, -0.25) is 14.9 Å². The molecule has 144 valence electrons. The van der Waals surface area contributed by atoms with Gasteiger partial charge in [0.2, 0.25) is 11.9 Å². The van der Waals surface area contributed by atoms with Gasteiger partial charge in [0.1, 0.15) is 0 Å². The summed E-state index contributed by atoms with van der Waals surface area (Å²) in [6.07, 6.45) is 8.88. The first-order valence-corrected chi connectivity index (χ1v) is 9.76. The molecule has 6 heteroatoms. The van der Waals surface area contributed by atoms with Gasteiger partial charge in [0.15, 0.2) is 0 Å². The van der Waals surface area contributed by atoms with Crippen molar-refractivity contribution in [2.45, 2.75) is 52.5 Å². The fourth-order valence-corrected chi connectivity index (χ4v) is 3.49. The lowest BCUT2D eigenvalue weighted by Gasteiger charge is -2.20. The van der Waals surface area contributed by atoms with Crippen molar-refractivity contribution in [2.24, 2.45) is 11.8 Å². The van der Waals surface area contributed by atoms with Gasteiger partial charge in [-0.15, -0.1) is 0 Å². The van der Waals surface area contributed by atoms with Crippen LogP contribution in [0.15, 0.2) is 36.7 Å². The Bertz CT molecular complexity index is 791. The van der Waals surface area contributed by atoms with Crippen molar-refractivity contribution in [3.63, 3.8) is 0 Å². The Hall–Kier alpha value is -2.63. The van der Waals surface area contributed by atoms with E-state index in [9.17, 15) is 9.59 Å². The molecule has 3 rings (SSSR count). The summed E-state index contributed by atoms with van der Waals surface area (Å²) in [6.45, 7) is 5.02. The molecule has 1 aliphatic carbocycles. The molecule has 0 spiro atoms. The number of hydrogen-bond acceptors (Lipinski definition) is 3. The summed E-state index contributed by atoms with van der Waals surface area (Å²) in [5.74, 6) is 0.887.